The molecule has 0 amide bonds. The van der Waals surface area contributed by atoms with Gasteiger partial charge < -0.3 is 5.11 Å². The van der Waals surface area contributed by atoms with Crippen molar-refractivity contribution in [3.05, 3.63) is 35.9 Å². The predicted octanol–water partition coefficient (Wildman–Crippen LogP) is 2.37. The SMILES string of the molecule is O=C(I)/C=C/c1ccc(O)cc1. The summed E-state index contributed by atoms with van der Waals surface area (Å²) in [6, 6.07) is 6.64. The van der Waals surface area contributed by atoms with Crippen molar-refractivity contribution >= 4 is 32.5 Å². The molecule has 0 aliphatic heterocycles. The number of phenols is 1. The molecule has 0 bridgehead atoms. The fourth-order valence-electron chi connectivity index (χ4n) is 0.747. The Morgan fingerprint density at radius 2 is 1.92 bits per heavy atom. The molecule has 0 saturated heterocycles. The van der Waals surface area contributed by atoms with E-state index in [-0.39, 0.29) is 9.54 Å². The van der Waals surface area contributed by atoms with Gasteiger partial charge in [0.2, 0.25) is 3.79 Å². The second-order valence-corrected chi connectivity index (χ2v) is 3.29. The standard InChI is InChI=1S/C9H7IO2/c10-9(12)6-3-7-1-4-8(11)5-2-7/h1-6,11H/b6-3+. The Morgan fingerprint density at radius 3 is 2.42 bits per heavy atom. The van der Waals surface area contributed by atoms with Crippen LogP contribution in [0.5, 0.6) is 5.75 Å². The topological polar surface area (TPSA) is 37.3 Å². The minimum atomic E-state index is -0.0133. The van der Waals surface area contributed by atoms with Gasteiger partial charge in [-0.05, 0) is 23.8 Å². The van der Waals surface area contributed by atoms with E-state index in [9.17, 15) is 4.79 Å². The van der Waals surface area contributed by atoms with Crippen LogP contribution in [0.1, 0.15) is 5.56 Å². The van der Waals surface area contributed by atoms with Gasteiger partial charge in [0.1, 0.15) is 5.75 Å². The number of halogens is 1. The van der Waals surface area contributed by atoms with Gasteiger partial charge in [-0.25, -0.2) is 0 Å². The number of phenolic OH excluding ortho intramolecular Hbond substituents is 1. The molecule has 0 fully saturated rings. The van der Waals surface area contributed by atoms with Crippen LogP contribution < -0.4 is 0 Å². The average Bonchev–Trinajstić information content (AvgIpc) is 2.03. The molecule has 3 heteroatoms. The van der Waals surface area contributed by atoms with Gasteiger partial charge in [-0.15, -0.1) is 0 Å². The molecule has 0 saturated carbocycles. The van der Waals surface area contributed by atoms with Crippen molar-refractivity contribution in [2.45, 2.75) is 0 Å². The van der Waals surface area contributed by atoms with Crippen molar-refractivity contribution in [3.63, 3.8) is 0 Å². The first-order valence-electron chi connectivity index (χ1n) is 3.35. The van der Waals surface area contributed by atoms with Gasteiger partial charge in [-0.1, -0.05) is 18.2 Å². The summed E-state index contributed by atoms with van der Waals surface area (Å²) in [5, 5.41) is 8.94. The first-order valence-corrected chi connectivity index (χ1v) is 4.43. The third-order valence-corrected chi connectivity index (χ3v) is 1.66. The lowest BCUT2D eigenvalue weighted by Gasteiger charge is -1.92. The molecule has 0 heterocycles. The van der Waals surface area contributed by atoms with Gasteiger partial charge in [-0.2, -0.15) is 0 Å². The van der Waals surface area contributed by atoms with Crippen molar-refractivity contribution in [3.8, 4) is 5.75 Å². The number of hydrogen-bond donors (Lipinski definition) is 1. The molecule has 1 N–H and O–H groups in total. The van der Waals surface area contributed by atoms with Crippen molar-refractivity contribution in [1.29, 1.82) is 0 Å². The van der Waals surface area contributed by atoms with E-state index in [0.717, 1.165) is 5.56 Å². The molecule has 0 unspecified atom stereocenters. The van der Waals surface area contributed by atoms with Crippen LogP contribution in [0.4, 0.5) is 0 Å². The van der Waals surface area contributed by atoms with Gasteiger partial charge in [0, 0.05) is 22.6 Å². The molecule has 1 rings (SSSR count). The van der Waals surface area contributed by atoms with E-state index >= 15 is 0 Å². The Bertz CT molecular complexity index is 301. The van der Waals surface area contributed by atoms with E-state index in [1.807, 2.05) is 0 Å². The first kappa shape index (κ1) is 9.25. The highest BCUT2D eigenvalue weighted by Gasteiger charge is 1.88. The number of carbonyl (C=O) groups is 1. The lowest BCUT2D eigenvalue weighted by atomic mass is 10.2. The molecule has 0 aliphatic carbocycles. The number of benzene rings is 1. The molecule has 1 aromatic carbocycles. The Hall–Kier alpha value is -0.840. The van der Waals surface area contributed by atoms with E-state index < -0.39 is 0 Å². The molecule has 0 spiro atoms. The van der Waals surface area contributed by atoms with Crippen LogP contribution >= 0.6 is 22.6 Å². The van der Waals surface area contributed by atoms with Crippen LogP contribution in [0.3, 0.4) is 0 Å². The maximum absolute atomic E-state index is 10.5. The summed E-state index contributed by atoms with van der Waals surface area (Å²) < 4.78 is -0.0133. The minimum absolute atomic E-state index is 0.0133. The highest BCUT2D eigenvalue weighted by atomic mass is 127. The summed E-state index contributed by atoms with van der Waals surface area (Å²) in [7, 11) is 0. The fraction of sp³-hybridized carbons (Fsp3) is 0. The van der Waals surface area contributed by atoms with Crippen LogP contribution in [0, 0.1) is 0 Å². The Kier molecular flexibility index (Phi) is 3.28. The van der Waals surface area contributed by atoms with E-state index in [1.54, 1.807) is 52.9 Å². The smallest absolute Gasteiger partial charge is 0.215 e. The molecule has 0 atom stereocenters. The summed E-state index contributed by atoms with van der Waals surface area (Å²) in [6.45, 7) is 0. The molecule has 2 nitrogen and oxygen atoms in total. The van der Waals surface area contributed by atoms with E-state index in [4.69, 9.17) is 5.11 Å². The average molecular weight is 274 g/mol. The van der Waals surface area contributed by atoms with E-state index in [2.05, 4.69) is 0 Å². The lowest BCUT2D eigenvalue weighted by molar-refractivity contribution is -0.105. The van der Waals surface area contributed by atoms with Gasteiger partial charge in [0.25, 0.3) is 0 Å². The second-order valence-electron chi connectivity index (χ2n) is 2.23. The predicted molar refractivity (Wildman–Crippen MR) is 56.2 cm³/mol. The monoisotopic (exact) mass is 274 g/mol. The summed E-state index contributed by atoms with van der Waals surface area (Å²) >= 11 is 1.70. The molecular formula is C9H7IO2. The zero-order valence-corrected chi connectivity index (χ0v) is 8.36. The lowest BCUT2D eigenvalue weighted by Crippen LogP contribution is -1.74. The Balaban J connectivity index is 2.77. The zero-order chi connectivity index (χ0) is 8.97. The largest absolute Gasteiger partial charge is 0.508 e. The highest BCUT2D eigenvalue weighted by molar-refractivity contribution is 14.1. The second kappa shape index (κ2) is 4.25. The summed E-state index contributed by atoms with van der Waals surface area (Å²) in [5.41, 5.74) is 0.901. The first-order chi connectivity index (χ1) is 5.68. The highest BCUT2D eigenvalue weighted by Crippen LogP contribution is 2.10. The van der Waals surface area contributed by atoms with Crippen molar-refractivity contribution in [2.75, 3.05) is 0 Å². The molecule has 1 aromatic rings. The summed E-state index contributed by atoms with van der Waals surface area (Å²) in [5.74, 6) is 0.230. The summed E-state index contributed by atoms with van der Waals surface area (Å²) in [4.78, 5) is 10.5. The third kappa shape index (κ3) is 3.04. The fourth-order valence-corrected chi connectivity index (χ4v) is 0.927. The molecular weight excluding hydrogens is 267 g/mol. The van der Waals surface area contributed by atoms with Crippen LogP contribution in [0.15, 0.2) is 30.3 Å². The quantitative estimate of drug-likeness (QED) is 0.510. The van der Waals surface area contributed by atoms with Gasteiger partial charge in [0.05, 0.1) is 0 Å². The summed E-state index contributed by atoms with van der Waals surface area (Å²) in [6.07, 6.45) is 3.18. The third-order valence-electron chi connectivity index (χ3n) is 1.30. The number of aromatic hydroxyl groups is 1. The van der Waals surface area contributed by atoms with Gasteiger partial charge >= 0.3 is 0 Å². The van der Waals surface area contributed by atoms with Crippen LogP contribution in [-0.4, -0.2) is 8.90 Å². The molecule has 12 heavy (non-hydrogen) atoms. The Morgan fingerprint density at radius 1 is 1.33 bits per heavy atom. The molecule has 62 valence electrons. The van der Waals surface area contributed by atoms with E-state index in [1.165, 1.54) is 6.08 Å². The van der Waals surface area contributed by atoms with Crippen molar-refractivity contribution in [2.24, 2.45) is 0 Å². The van der Waals surface area contributed by atoms with E-state index in [0.29, 0.717) is 0 Å². The van der Waals surface area contributed by atoms with Crippen LogP contribution in [0.2, 0.25) is 0 Å². The van der Waals surface area contributed by atoms with Crippen LogP contribution in [-0.2, 0) is 4.79 Å². The number of rotatable bonds is 2. The number of hydrogen-bond acceptors (Lipinski definition) is 2. The maximum atomic E-state index is 10.5. The number of carbonyl (C=O) groups excluding carboxylic acids is 1. The molecule has 0 aromatic heterocycles. The van der Waals surface area contributed by atoms with Crippen molar-refractivity contribution < 1.29 is 9.90 Å². The molecule has 0 aliphatic rings. The normalized spacial score (nSPS) is 10.4. The Labute approximate surface area is 84.1 Å². The zero-order valence-electron chi connectivity index (χ0n) is 6.20. The van der Waals surface area contributed by atoms with Gasteiger partial charge in [0.15, 0.2) is 0 Å². The number of allylic oxidation sites excluding steroid dienone is 1. The van der Waals surface area contributed by atoms with Gasteiger partial charge in [-0.3, -0.25) is 4.79 Å². The maximum Gasteiger partial charge on any atom is 0.215 e. The van der Waals surface area contributed by atoms with Crippen molar-refractivity contribution in [1.82, 2.24) is 0 Å². The van der Waals surface area contributed by atoms with Crippen LogP contribution in [0.25, 0.3) is 6.08 Å². The molecule has 0 radical (unpaired) electrons. The minimum Gasteiger partial charge on any atom is -0.508 e.